The second kappa shape index (κ2) is 8.12. The molecule has 1 aliphatic rings. The zero-order valence-electron chi connectivity index (χ0n) is 17.7. The van der Waals surface area contributed by atoms with Crippen molar-refractivity contribution in [1.29, 1.82) is 0 Å². The van der Waals surface area contributed by atoms with Crippen molar-refractivity contribution in [1.82, 2.24) is 9.88 Å². The van der Waals surface area contributed by atoms with Crippen LogP contribution in [0.1, 0.15) is 5.69 Å². The molecule has 0 saturated carbocycles. The number of aromatic nitrogens is 1. The van der Waals surface area contributed by atoms with E-state index < -0.39 is 17.8 Å². The van der Waals surface area contributed by atoms with Gasteiger partial charge in [0.05, 0.1) is 12.8 Å². The van der Waals surface area contributed by atoms with E-state index in [0.717, 1.165) is 21.4 Å². The molecule has 1 aromatic heterocycles. The van der Waals surface area contributed by atoms with E-state index in [9.17, 15) is 14.4 Å². The number of carbonyl (C=O) groups excluding carboxylic acids is 3. The first-order valence-corrected chi connectivity index (χ1v) is 10.3. The third-order valence-electron chi connectivity index (χ3n) is 5.52. The Balaban J connectivity index is 1.53. The van der Waals surface area contributed by atoms with Crippen LogP contribution in [-0.2, 0) is 9.59 Å². The number of fused-ring (bicyclic) bond motifs is 1. The lowest BCUT2D eigenvalue weighted by molar-refractivity contribution is -0.122. The van der Waals surface area contributed by atoms with Crippen LogP contribution in [0.5, 0.6) is 5.75 Å². The summed E-state index contributed by atoms with van der Waals surface area (Å²) in [5.41, 5.74) is 1.72. The third kappa shape index (κ3) is 3.65. The van der Waals surface area contributed by atoms with Gasteiger partial charge in [-0.05, 0) is 65.4 Å². The number of barbiturate groups is 1. The average Bonchev–Trinajstić information content (AvgIpc) is 3.30. The predicted octanol–water partition coefficient (Wildman–Crippen LogP) is 4.31. The van der Waals surface area contributed by atoms with Crippen molar-refractivity contribution >= 4 is 40.4 Å². The van der Waals surface area contributed by atoms with Gasteiger partial charge in [0.2, 0.25) is 0 Å². The summed E-state index contributed by atoms with van der Waals surface area (Å²) in [6.07, 6.45) is 3.35. The molecule has 33 heavy (non-hydrogen) atoms. The van der Waals surface area contributed by atoms with E-state index in [4.69, 9.17) is 4.74 Å². The number of ether oxygens (including phenoxy) is 1. The van der Waals surface area contributed by atoms with E-state index in [1.165, 1.54) is 13.2 Å². The standard InChI is InChI=1S/C26H19N3O4/c1-33-22-12-10-19(11-13-22)29-25(31)23(24(30)27-26(29)32)16-20-7-4-14-28(20)21-9-8-17-5-2-3-6-18(17)15-21/h2-16H,1H3,(H,27,30,32)/b23-16-. The molecule has 0 radical (unpaired) electrons. The molecule has 2 heterocycles. The molecule has 1 aliphatic heterocycles. The number of methoxy groups -OCH3 is 1. The van der Waals surface area contributed by atoms with E-state index in [-0.39, 0.29) is 5.57 Å². The molecular weight excluding hydrogens is 418 g/mol. The average molecular weight is 437 g/mol. The fraction of sp³-hybridized carbons (Fsp3) is 0.0385. The van der Waals surface area contributed by atoms with Crippen molar-refractivity contribution in [3.05, 3.63) is 96.3 Å². The van der Waals surface area contributed by atoms with Gasteiger partial charge >= 0.3 is 6.03 Å². The third-order valence-corrected chi connectivity index (χ3v) is 5.52. The number of hydrogen-bond acceptors (Lipinski definition) is 4. The maximum absolute atomic E-state index is 13.2. The van der Waals surface area contributed by atoms with Crippen LogP contribution in [0.3, 0.4) is 0 Å². The van der Waals surface area contributed by atoms with E-state index in [2.05, 4.69) is 5.32 Å². The van der Waals surface area contributed by atoms with Crippen LogP contribution in [0.2, 0.25) is 0 Å². The fourth-order valence-corrected chi connectivity index (χ4v) is 3.84. The van der Waals surface area contributed by atoms with Crippen LogP contribution in [-0.4, -0.2) is 29.5 Å². The first kappa shape index (κ1) is 20.3. The van der Waals surface area contributed by atoms with Gasteiger partial charge in [-0.15, -0.1) is 0 Å². The molecule has 3 aromatic carbocycles. The van der Waals surface area contributed by atoms with Gasteiger partial charge in [-0.3, -0.25) is 14.9 Å². The zero-order chi connectivity index (χ0) is 22.9. The number of amides is 4. The molecule has 1 N–H and O–H groups in total. The Morgan fingerprint density at radius 3 is 2.30 bits per heavy atom. The molecule has 0 atom stereocenters. The summed E-state index contributed by atoms with van der Waals surface area (Å²) in [6.45, 7) is 0. The van der Waals surface area contributed by atoms with Gasteiger partial charge in [0.15, 0.2) is 0 Å². The SMILES string of the molecule is COc1ccc(N2C(=O)NC(=O)/C(=C/c3cccn3-c3ccc4ccccc4c3)C2=O)cc1. The number of rotatable bonds is 4. The highest BCUT2D eigenvalue weighted by Crippen LogP contribution is 2.26. The minimum atomic E-state index is -0.794. The summed E-state index contributed by atoms with van der Waals surface area (Å²) in [5, 5.41) is 4.44. The van der Waals surface area contributed by atoms with Crippen LogP contribution in [0.15, 0.2) is 90.6 Å². The summed E-state index contributed by atoms with van der Waals surface area (Å²) >= 11 is 0. The molecule has 0 spiro atoms. The van der Waals surface area contributed by atoms with Crippen molar-refractivity contribution in [3.8, 4) is 11.4 Å². The largest absolute Gasteiger partial charge is 0.497 e. The van der Waals surface area contributed by atoms with Gasteiger partial charge in [-0.1, -0.05) is 30.3 Å². The Labute approximate surface area is 189 Å². The second-order valence-electron chi connectivity index (χ2n) is 7.49. The molecule has 0 aliphatic carbocycles. The van der Waals surface area contributed by atoms with E-state index in [1.54, 1.807) is 30.3 Å². The van der Waals surface area contributed by atoms with E-state index in [1.807, 2.05) is 59.3 Å². The van der Waals surface area contributed by atoms with E-state index in [0.29, 0.717) is 17.1 Å². The predicted molar refractivity (Wildman–Crippen MR) is 125 cm³/mol. The van der Waals surface area contributed by atoms with Gasteiger partial charge < -0.3 is 9.30 Å². The lowest BCUT2D eigenvalue weighted by Gasteiger charge is -2.26. The highest BCUT2D eigenvalue weighted by atomic mass is 16.5. The second-order valence-corrected chi connectivity index (χ2v) is 7.49. The molecule has 4 amide bonds. The zero-order valence-corrected chi connectivity index (χ0v) is 17.7. The van der Waals surface area contributed by atoms with Gasteiger partial charge in [0.25, 0.3) is 11.8 Å². The Bertz CT molecular complexity index is 1430. The number of carbonyl (C=O) groups is 3. The molecular formula is C26H19N3O4. The minimum absolute atomic E-state index is 0.133. The first-order valence-electron chi connectivity index (χ1n) is 10.3. The van der Waals surface area contributed by atoms with Crippen LogP contribution < -0.4 is 15.0 Å². The van der Waals surface area contributed by atoms with Crippen LogP contribution in [0, 0.1) is 0 Å². The summed E-state index contributed by atoms with van der Waals surface area (Å²) in [7, 11) is 1.53. The molecule has 1 saturated heterocycles. The molecule has 5 rings (SSSR count). The Morgan fingerprint density at radius 2 is 1.55 bits per heavy atom. The number of anilines is 1. The van der Waals surface area contributed by atoms with E-state index >= 15 is 0 Å². The van der Waals surface area contributed by atoms with Crippen molar-refractivity contribution in [3.63, 3.8) is 0 Å². The lowest BCUT2D eigenvalue weighted by Crippen LogP contribution is -2.54. The van der Waals surface area contributed by atoms with Gasteiger partial charge in [-0.2, -0.15) is 0 Å². The summed E-state index contributed by atoms with van der Waals surface area (Å²) in [5.74, 6) is -0.843. The molecule has 1 fully saturated rings. The van der Waals surface area contributed by atoms with Gasteiger partial charge in [0, 0.05) is 17.6 Å². The summed E-state index contributed by atoms with van der Waals surface area (Å²) in [6, 6.07) is 23.3. The quantitative estimate of drug-likeness (QED) is 0.381. The maximum Gasteiger partial charge on any atom is 0.335 e. The summed E-state index contributed by atoms with van der Waals surface area (Å²) < 4.78 is 7.01. The van der Waals surface area contributed by atoms with Gasteiger partial charge in [-0.25, -0.2) is 9.69 Å². The van der Waals surface area contributed by atoms with Crippen LogP contribution in [0.25, 0.3) is 22.5 Å². The minimum Gasteiger partial charge on any atom is -0.497 e. The van der Waals surface area contributed by atoms with Crippen LogP contribution in [0.4, 0.5) is 10.5 Å². The topological polar surface area (TPSA) is 80.6 Å². The maximum atomic E-state index is 13.2. The normalized spacial score (nSPS) is 15.2. The van der Waals surface area contributed by atoms with Crippen molar-refractivity contribution < 1.29 is 19.1 Å². The smallest absolute Gasteiger partial charge is 0.335 e. The van der Waals surface area contributed by atoms with Crippen LogP contribution >= 0.6 is 0 Å². The lowest BCUT2D eigenvalue weighted by atomic mass is 10.1. The first-order chi connectivity index (χ1) is 16.0. The Kier molecular flexibility index (Phi) is 4.99. The highest BCUT2D eigenvalue weighted by Gasteiger charge is 2.37. The number of benzene rings is 3. The Morgan fingerprint density at radius 1 is 0.818 bits per heavy atom. The van der Waals surface area contributed by atoms with Crippen molar-refractivity contribution in [2.45, 2.75) is 0 Å². The van der Waals surface area contributed by atoms with Crippen molar-refractivity contribution in [2.75, 3.05) is 12.0 Å². The number of nitrogens with one attached hydrogen (secondary N) is 1. The highest BCUT2D eigenvalue weighted by molar-refractivity contribution is 6.39. The monoisotopic (exact) mass is 437 g/mol. The van der Waals surface area contributed by atoms with Crippen molar-refractivity contribution in [2.24, 2.45) is 0 Å². The number of nitrogens with zero attached hydrogens (tertiary/aromatic N) is 2. The Hall–Kier alpha value is -4.65. The molecule has 0 bridgehead atoms. The number of imide groups is 2. The fourth-order valence-electron chi connectivity index (χ4n) is 3.84. The molecule has 7 nitrogen and oxygen atoms in total. The molecule has 162 valence electrons. The number of urea groups is 1. The summed E-state index contributed by atoms with van der Waals surface area (Å²) in [4.78, 5) is 39.1. The molecule has 4 aromatic rings. The number of hydrogen-bond donors (Lipinski definition) is 1. The molecule has 7 heteroatoms. The van der Waals surface area contributed by atoms with Gasteiger partial charge in [0.1, 0.15) is 11.3 Å². The molecule has 0 unspecified atom stereocenters.